The van der Waals surface area contributed by atoms with Gasteiger partial charge in [-0.15, -0.1) is 24.8 Å². The van der Waals surface area contributed by atoms with Gasteiger partial charge in [-0.05, 0) is 41.8 Å². The van der Waals surface area contributed by atoms with Crippen LogP contribution in [0.3, 0.4) is 0 Å². The predicted octanol–water partition coefficient (Wildman–Crippen LogP) is 3.62. The topological polar surface area (TPSA) is 89.3 Å². The number of anilines is 2. The van der Waals surface area contributed by atoms with Crippen LogP contribution < -0.4 is 11.5 Å². The fourth-order valence-electron chi connectivity index (χ4n) is 2.03. The highest BCUT2D eigenvalue weighted by molar-refractivity contribution is 5.98. The van der Waals surface area contributed by atoms with Gasteiger partial charge in [0, 0.05) is 16.9 Å². The third-order valence-electron chi connectivity index (χ3n) is 3.09. The molecule has 0 saturated heterocycles. The van der Waals surface area contributed by atoms with Gasteiger partial charge in [-0.25, -0.2) is 4.79 Å². The number of aryl methyl sites for hydroxylation is 1. The van der Waals surface area contributed by atoms with Crippen LogP contribution in [0.25, 0.3) is 11.1 Å². The highest BCUT2D eigenvalue weighted by atomic mass is 35.5. The number of aromatic carboxylic acids is 1. The number of benzene rings is 2. The Labute approximate surface area is 136 Å². The maximum absolute atomic E-state index is 11.4. The van der Waals surface area contributed by atoms with E-state index in [9.17, 15) is 9.90 Å². The Balaban J connectivity index is 0.00000200. The van der Waals surface area contributed by atoms with Gasteiger partial charge in [0.1, 0.15) is 0 Å². The fourth-order valence-corrected chi connectivity index (χ4v) is 2.03. The summed E-state index contributed by atoms with van der Waals surface area (Å²) in [5.41, 5.74) is 15.2. The molecule has 2 aromatic rings. The third-order valence-corrected chi connectivity index (χ3v) is 3.09. The average molecular weight is 329 g/mol. The molecule has 5 N–H and O–H groups in total. The molecule has 0 unspecified atom stereocenters. The van der Waals surface area contributed by atoms with Crippen LogP contribution in [0, 0.1) is 0 Å². The number of hydrogen-bond acceptors (Lipinski definition) is 3. The Morgan fingerprint density at radius 1 is 1.05 bits per heavy atom. The van der Waals surface area contributed by atoms with E-state index in [1.54, 1.807) is 30.3 Å². The SMILES string of the molecule is CCc1ccc(-c2cc(N)ccc2N)c(C(=O)O)c1.Cl.Cl. The fraction of sp³-hybridized carbons (Fsp3) is 0.133. The molecule has 6 heteroatoms. The van der Waals surface area contributed by atoms with Crippen molar-refractivity contribution in [3.8, 4) is 11.1 Å². The van der Waals surface area contributed by atoms with Crippen molar-refractivity contribution >= 4 is 42.2 Å². The number of hydrogen-bond donors (Lipinski definition) is 3. The molecular weight excluding hydrogens is 311 g/mol. The lowest BCUT2D eigenvalue weighted by atomic mass is 9.95. The van der Waals surface area contributed by atoms with Crippen LogP contribution in [-0.2, 0) is 6.42 Å². The summed E-state index contributed by atoms with van der Waals surface area (Å²) in [5.74, 6) is -0.966. The van der Waals surface area contributed by atoms with Gasteiger partial charge in [-0.2, -0.15) is 0 Å². The smallest absolute Gasteiger partial charge is 0.336 e. The van der Waals surface area contributed by atoms with Crippen molar-refractivity contribution in [3.05, 3.63) is 47.5 Å². The number of rotatable bonds is 3. The van der Waals surface area contributed by atoms with Crippen molar-refractivity contribution in [3.63, 3.8) is 0 Å². The minimum Gasteiger partial charge on any atom is -0.478 e. The summed E-state index contributed by atoms with van der Waals surface area (Å²) in [4.78, 5) is 11.4. The number of carboxylic acid groups (broad SMARTS) is 1. The van der Waals surface area contributed by atoms with Gasteiger partial charge in [0.05, 0.1) is 5.56 Å². The summed E-state index contributed by atoms with van der Waals surface area (Å²) in [5, 5.41) is 9.34. The average Bonchev–Trinajstić information content (AvgIpc) is 2.40. The summed E-state index contributed by atoms with van der Waals surface area (Å²) in [6, 6.07) is 10.4. The van der Waals surface area contributed by atoms with Gasteiger partial charge in [0.2, 0.25) is 0 Å². The molecule has 21 heavy (non-hydrogen) atoms. The molecule has 0 fully saturated rings. The van der Waals surface area contributed by atoms with E-state index < -0.39 is 5.97 Å². The van der Waals surface area contributed by atoms with E-state index in [-0.39, 0.29) is 30.4 Å². The van der Waals surface area contributed by atoms with E-state index >= 15 is 0 Å². The molecule has 0 saturated carbocycles. The Morgan fingerprint density at radius 3 is 2.29 bits per heavy atom. The molecule has 0 aliphatic rings. The first-order chi connectivity index (χ1) is 9.02. The number of nitrogen functional groups attached to an aromatic ring is 2. The molecule has 0 spiro atoms. The van der Waals surface area contributed by atoms with Crippen molar-refractivity contribution in [2.75, 3.05) is 11.5 Å². The molecule has 0 aliphatic carbocycles. The molecule has 114 valence electrons. The Hall–Kier alpha value is -1.91. The van der Waals surface area contributed by atoms with Crippen molar-refractivity contribution in [1.29, 1.82) is 0 Å². The van der Waals surface area contributed by atoms with Crippen LogP contribution in [0.1, 0.15) is 22.8 Å². The summed E-state index contributed by atoms with van der Waals surface area (Å²) < 4.78 is 0. The van der Waals surface area contributed by atoms with E-state index in [0.29, 0.717) is 22.5 Å². The number of carbonyl (C=O) groups is 1. The van der Waals surface area contributed by atoms with Crippen LogP contribution in [0.5, 0.6) is 0 Å². The Morgan fingerprint density at radius 2 is 1.71 bits per heavy atom. The van der Waals surface area contributed by atoms with Crippen molar-refractivity contribution in [2.45, 2.75) is 13.3 Å². The molecule has 0 radical (unpaired) electrons. The second-order valence-electron chi connectivity index (χ2n) is 4.39. The van der Waals surface area contributed by atoms with Gasteiger partial charge < -0.3 is 16.6 Å². The number of carboxylic acids is 1. The van der Waals surface area contributed by atoms with Gasteiger partial charge in [0.25, 0.3) is 0 Å². The standard InChI is InChI=1S/C15H16N2O2.2ClH/c1-2-9-3-5-11(13(7-9)15(18)19)12-8-10(16)4-6-14(12)17;;/h3-8H,2,16-17H2,1H3,(H,18,19);2*1H. The van der Waals surface area contributed by atoms with Crippen LogP contribution in [0.15, 0.2) is 36.4 Å². The summed E-state index contributed by atoms with van der Waals surface area (Å²) in [6.07, 6.45) is 0.785. The molecular formula is C15H18Cl2N2O2. The summed E-state index contributed by atoms with van der Waals surface area (Å²) >= 11 is 0. The van der Waals surface area contributed by atoms with Gasteiger partial charge in [-0.3, -0.25) is 0 Å². The summed E-state index contributed by atoms with van der Waals surface area (Å²) in [7, 11) is 0. The van der Waals surface area contributed by atoms with Crippen LogP contribution >= 0.6 is 24.8 Å². The number of nitrogens with two attached hydrogens (primary N) is 2. The Kier molecular flexibility index (Phi) is 7.06. The summed E-state index contributed by atoms with van der Waals surface area (Å²) in [6.45, 7) is 1.98. The third kappa shape index (κ3) is 4.03. The second-order valence-corrected chi connectivity index (χ2v) is 4.39. The molecule has 0 heterocycles. The van der Waals surface area contributed by atoms with E-state index in [1.165, 1.54) is 0 Å². The first-order valence-corrected chi connectivity index (χ1v) is 6.04. The number of halogens is 2. The monoisotopic (exact) mass is 328 g/mol. The molecule has 4 nitrogen and oxygen atoms in total. The lowest BCUT2D eigenvalue weighted by Gasteiger charge is -2.11. The van der Waals surface area contributed by atoms with Crippen molar-refractivity contribution in [2.24, 2.45) is 0 Å². The van der Waals surface area contributed by atoms with Gasteiger partial charge >= 0.3 is 5.97 Å². The first kappa shape index (κ1) is 19.1. The van der Waals surface area contributed by atoms with E-state index in [2.05, 4.69) is 0 Å². The maximum atomic E-state index is 11.4. The minimum absolute atomic E-state index is 0. The molecule has 2 rings (SSSR count). The zero-order valence-electron chi connectivity index (χ0n) is 11.5. The van der Waals surface area contributed by atoms with E-state index in [4.69, 9.17) is 11.5 Å². The molecule has 0 aliphatic heterocycles. The van der Waals surface area contributed by atoms with Crippen LogP contribution in [0.4, 0.5) is 11.4 Å². The predicted molar refractivity (Wildman–Crippen MR) is 91.5 cm³/mol. The highest BCUT2D eigenvalue weighted by Gasteiger charge is 2.14. The normalized spacial score (nSPS) is 9.38. The molecule has 0 aromatic heterocycles. The zero-order chi connectivity index (χ0) is 14.0. The minimum atomic E-state index is -0.966. The van der Waals surface area contributed by atoms with Crippen LogP contribution in [0.2, 0.25) is 0 Å². The largest absolute Gasteiger partial charge is 0.478 e. The van der Waals surface area contributed by atoms with Crippen molar-refractivity contribution in [1.82, 2.24) is 0 Å². The Bertz CT molecular complexity index is 646. The lowest BCUT2D eigenvalue weighted by Crippen LogP contribution is -2.03. The quantitative estimate of drug-likeness (QED) is 0.750. The van der Waals surface area contributed by atoms with Gasteiger partial charge in [0.15, 0.2) is 0 Å². The molecule has 0 atom stereocenters. The highest BCUT2D eigenvalue weighted by Crippen LogP contribution is 2.31. The molecule has 2 aromatic carbocycles. The second kappa shape index (κ2) is 7.76. The molecule has 0 amide bonds. The van der Waals surface area contributed by atoms with Crippen LogP contribution in [-0.4, -0.2) is 11.1 Å². The maximum Gasteiger partial charge on any atom is 0.336 e. The van der Waals surface area contributed by atoms with Gasteiger partial charge in [-0.1, -0.05) is 19.1 Å². The van der Waals surface area contributed by atoms with E-state index in [1.807, 2.05) is 13.0 Å². The lowest BCUT2D eigenvalue weighted by molar-refractivity contribution is 0.0697. The zero-order valence-corrected chi connectivity index (χ0v) is 13.1. The first-order valence-electron chi connectivity index (χ1n) is 6.04. The van der Waals surface area contributed by atoms with E-state index in [0.717, 1.165) is 12.0 Å². The molecule has 0 bridgehead atoms. The van der Waals surface area contributed by atoms with Crippen molar-refractivity contribution < 1.29 is 9.90 Å².